The highest BCUT2D eigenvalue weighted by Gasteiger charge is 2.18. The molecule has 2 heterocycles. The first kappa shape index (κ1) is 18.4. The van der Waals surface area contributed by atoms with E-state index in [1.54, 1.807) is 17.5 Å². The van der Waals surface area contributed by atoms with Gasteiger partial charge in [-0.05, 0) is 13.8 Å². The van der Waals surface area contributed by atoms with Crippen LogP contribution in [0.5, 0.6) is 0 Å². The first-order chi connectivity index (χ1) is 11.4. The van der Waals surface area contributed by atoms with Crippen molar-refractivity contribution < 1.29 is 4.42 Å². The van der Waals surface area contributed by atoms with E-state index in [0.717, 1.165) is 41.9 Å². The van der Waals surface area contributed by atoms with E-state index in [0.29, 0.717) is 12.4 Å². The third-order valence-electron chi connectivity index (χ3n) is 3.35. The zero-order chi connectivity index (χ0) is 17.6. The number of oxazole rings is 1. The number of thiazole rings is 1. The minimum Gasteiger partial charge on any atom is -0.443 e. The predicted octanol–water partition coefficient (Wildman–Crippen LogP) is 3.03. The second-order valence-electron chi connectivity index (χ2n) is 6.60. The summed E-state index contributed by atoms with van der Waals surface area (Å²) < 4.78 is 5.77. The van der Waals surface area contributed by atoms with Gasteiger partial charge in [0.05, 0.1) is 16.9 Å². The van der Waals surface area contributed by atoms with E-state index in [1.807, 2.05) is 13.8 Å². The number of hydrogen-bond acceptors (Lipinski definition) is 5. The van der Waals surface area contributed by atoms with Crippen molar-refractivity contribution in [3.63, 3.8) is 0 Å². The van der Waals surface area contributed by atoms with Crippen LogP contribution >= 0.6 is 11.3 Å². The lowest BCUT2D eigenvalue weighted by Crippen LogP contribution is -2.38. The standard InChI is InChI=1S/C17H27N5OS/c1-6-18-16(19-8-7-13-11-24-12(2)22-13)21-10-15-20-9-14(23-15)17(3,4)5/h9,11H,6-8,10H2,1-5H3,(H2,18,19,21). The summed E-state index contributed by atoms with van der Waals surface area (Å²) in [5.41, 5.74) is 1.08. The molecule has 0 spiro atoms. The van der Waals surface area contributed by atoms with Gasteiger partial charge in [-0.3, -0.25) is 0 Å². The van der Waals surface area contributed by atoms with E-state index in [-0.39, 0.29) is 5.41 Å². The molecule has 0 unspecified atom stereocenters. The number of guanidine groups is 1. The Morgan fingerprint density at radius 3 is 2.71 bits per heavy atom. The van der Waals surface area contributed by atoms with Crippen LogP contribution in [-0.4, -0.2) is 29.0 Å². The molecule has 0 atom stereocenters. The third-order valence-corrected chi connectivity index (χ3v) is 4.17. The largest absolute Gasteiger partial charge is 0.443 e. The molecule has 0 saturated heterocycles. The van der Waals surface area contributed by atoms with Gasteiger partial charge in [-0.1, -0.05) is 20.8 Å². The average Bonchev–Trinajstić information content (AvgIpc) is 3.13. The van der Waals surface area contributed by atoms with E-state index in [2.05, 4.69) is 51.7 Å². The molecule has 7 heteroatoms. The van der Waals surface area contributed by atoms with Crippen LogP contribution in [0, 0.1) is 6.92 Å². The van der Waals surface area contributed by atoms with Crippen LogP contribution in [0.2, 0.25) is 0 Å². The van der Waals surface area contributed by atoms with Gasteiger partial charge in [0.25, 0.3) is 0 Å². The summed E-state index contributed by atoms with van der Waals surface area (Å²) in [5.74, 6) is 2.27. The van der Waals surface area contributed by atoms with Crippen LogP contribution in [0.25, 0.3) is 0 Å². The van der Waals surface area contributed by atoms with Crippen molar-refractivity contribution in [1.82, 2.24) is 20.6 Å². The SMILES string of the molecule is CCNC(=NCc1ncc(C(C)(C)C)o1)NCCc1csc(C)n1. The minimum atomic E-state index is -0.0383. The number of aromatic nitrogens is 2. The van der Waals surface area contributed by atoms with Gasteiger partial charge in [0, 0.05) is 30.3 Å². The molecule has 0 aliphatic carbocycles. The maximum atomic E-state index is 5.77. The molecule has 2 aromatic rings. The molecule has 132 valence electrons. The summed E-state index contributed by atoms with van der Waals surface area (Å²) >= 11 is 1.68. The summed E-state index contributed by atoms with van der Waals surface area (Å²) in [5, 5.41) is 9.75. The van der Waals surface area contributed by atoms with E-state index in [4.69, 9.17) is 4.42 Å². The summed E-state index contributed by atoms with van der Waals surface area (Å²) in [6.07, 6.45) is 2.66. The molecule has 0 amide bonds. The normalized spacial score (nSPS) is 12.5. The van der Waals surface area contributed by atoms with Gasteiger partial charge in [-0.25, -0.2) is 15.0 Å². The van der Waals surface area contributed by atoms with Crippen LogP contribution in [0.4, 0.5) is 0 Å². The Morgan fingerprint density at radius 2 is 2.12 bits per heavy atom. The van der Waals surface area contributed by atoms with Crippen LogP contribution < -0.4 is 10.6 Å². The van der Waals surface area contributed by atoms with Gasteiger partial charge < -0.3 is 15.1 Å². The highest BCUT2D eigenvalue weighted by atomic mass is 32.1. The number of nitrogens with one attached hydrogen (secondary N) is 2. The lowest BCUT2D eigenvalue weighted by Gasteiger charge is -2.13. The second kappa shape index (κ2) is 8.28. The molecule has 2 aromatic heterocycles. The van der Waals surface area contributed by atoms with Crippen LogP contribution in [0.3, 0.4) is 0 Å². The van der Waals surface area contributed by atoms with Crippen LogP contribution in [0.1, 0.15) is 50.0 Å². The molecule has 0 aliphatic rings. The van der Waals surface area contributed by atoms with Crippen molar-refractivity contribution in [2.45, 2.75) is 53.0 Å². The Kier molecular flexibility index (Phi) is 6.36. The first-order valence-corrected chi connectivity index (χ1v) is 9.15. The van der Waals surface area contributed by atoms with Crippen molar-refractivity contribution in [2.24, 2.45) is 4.99 Å². The number of rotatable bonds is 6. The molecule has 0 bridgehead atoms. The Labute approximate surface area is 147 Å². The third kappa shape index (κ3) is 5.63. The van der Waals surface area contributed by atoms with E-state index >= 15 is 0 Å². The molecule has 0 fully saturated rings. The summed E-state index contributed by atoms with van der Waals surface area (Å²) in [4.78, 5) is 13.3. The Morgan fingerprint density at radius 1 is 1.33 bits per heavy atom. The summed E-state index contributed by atoms with van der Waals surface area (Å²) in [6.45, 7) is 12.4. The van der Waals surface area contributed by atoms with Crippen LogP contribution in [0.15, 0.2) is 21.0 Å². The monoisotopic (exact) mass is 349 g/mol. The number of aliphatic imine (C=N–C) groups is 1. The molecular weight excluding hydrogens is 322 g/mol. The number of aryl methyl sites for hydroxylation is 1. The Balaban J connectivity index is 1.89. The van der Waals surface area contributed by atoms with Crippen molar-refractivity contribution in [3.8, 4) is 0 Å². The van der Waals surface area contributed by atoms with Crippen molar-refractivity contribution in [2.75, 3.05) is 13.1 Å². The number of nitrogens with zero attached hydrogens (tertiary/aromatic N) is 3. The molecule has 0 aliphatic heterocycles. The maximum Gasteiger partial charge on any atom is 0.216 e. The fourth-order valence-electron chi connectivity index (χ4n) is 2.05. The highest BCUT2D eigenvalue weighted by Crippen LogP contribution is 2.22. The van der Waals surface area contributed by atoms with Gasteiger partial charge in [0.1, 0.15) is 12.3 Å². The van der Waals surface area contributed by atoms with E-state index < -0.39 is 0 Å². The predicted molar refractivity (Wildman–Crippen MR) is 98.6 cm³/mol. The Hall–Kier alpha value is -1.89. The van der Waals surface area contributed by atoms with Gasteiger partial charge in [0.2, 0.25) is 5.89 Å². The van der Waals surface area contributed by atoms with Crippen LogP contribution in [-0.2, 0) is 18.4 Å². The fraction of sp³-hybridized carbons (Fsp3) is 0.588. The maximum absolute atomic E-state index is 5.77. The molecule has 0 saturated carbocycles. The zero-order valence-corrected chi connectivity index (χ0v) is 16.0. The average molecular weight is 350 g/mol. The lowest BCUT2D eigenvalue weighted by atomic mass is 9.94. The quantitative estimate of drug-likeness (QED) is 0.619. The molecule has 2 N–H and O–H groups in total. The van der Waals surface area contributed by atoms with Crippen molar-refractivity contribution in [1.29, 1.82) is 0 Å². The smallest absolute Gasteiger partial charge is 0.216 e. The van der Waals surface area contributed by atoms with Gasteiger partial charge >= 0.3 is 0 Å². The minimum absolute atomic E-state index is 0.0383. The van der Waals surface area contributed by atoms with E-state index in [1.165, 1.54) is 0 Å². The molecule has 24 heavy (non-hydrogen) atoms. The van der Waals surface area contributed by atoms with Gasteiger partial charge in [0.15, 0.2) is 5.96 Å². The zero-order valence-electron chi connectivity index (χ0n) is 15.1. The molecular formula is C17H27N5OS. The highest BCUT2D eigenvalue weighted by molar-refractivity contribution is 7.09. The van der Waals surface area contributed by atoms with Crippen molar-refractivity contribution in [3.05, 3.63) is 33.9 Å². The summed E-state index contributed by atoms with van der Waals surface area (Å²) in [7, 11) is 0. The Bertz CT molecular complexity index is 669. The van der Waals surface area contributed by atoms with Gasteiger partial charge in [-0.2, -0.15) is 0 Å². The molecule has 2 rings (SSSR count). The molecule has 0 aromatic carbocycles. The first-order valence-electron chi connectivity index (χ1n) is 8.27. The topological polar surface area (TPSA) is 75.3 Å². The number of hydrogen-bond donors (Lipinski definition) is 2. The molecule has 6 nitrogen and oxygen atoms in total. The summed E-state index contributed by atoms with van der Waals surface area (Å²) in [6, 6.07) is 0. The fourth-order valence-corrected chi connectivity index (χ4v) is 2.70. The van der Waals surface area contributed by atoms with Crippen molar-refractivity contribution >= 4 is 17.3 Å². The lowest BCUT2D eigenvalue weighted by molar-refractivity contribution is 0.383. The molecule has 0 radical (unpaired) electrons. The van der Waals surface area contributed by atoms with E-state index in [9.17, 15) is 0 Å². The van der Waals surface area contributed by atoms with Gasteiger partial charge in [-0.15, -0.1) is 11.3 Å². The second-order valence-corrected chi connectivity index (χ2v) is 7.66.